The fourth-order valence-electron chi connectivity index (χ4n) is 2.51. The highest BCUT2D eigenvalue weighted by Crippen LogP contribution is 2.16. The molecule has 1 amide bonds. The van der Waals surface area contributed by atoms with Gasteiger partial charge in [-0.25, -0.2) is 0 Å². The van der Waals surface area contributed by atoms with Crippen LogP contribution in [-0.4, -0.2) is 31.0 Å². The second-order valence-electron chi connectivity index (χ2n) is 5.81. The van der Waals surface area contributed by atoms with Gasteiger partial charge in [-0.2, -0.15) is 0 Å². The number of benzene rings is 2. The van der Waals surface area contributed by atoms with Gasteiger partial charge in [-0.3, -0.25) is 9.59 Å². The lowest BCUT2D eigenvalue weighted by molar-refractivity contribution is 0.0743. The molecule has 128 valence electrons. The van der Waals surface area contributed by atoms with Crippen LogP contribution in [-0.2, 0) is 0 Å². The Morgan fingerprint density at radius 1 is 1.12 bits per heavy atom. The summed E-state index contributed by atoms with van der Waals surface area (Å²) in [5.74, 6) is 0.471. The molecule has 0 atom stereocenters. The first-order valence-corrected chi connectivity index (χ1v) is 8.03. The fraction of sp³-hybridized carbons (Fsp3) is 0.200. The summed E-state index contributed by atoms with van der Waals surface area (Å²) in [6.07, 6.45) is 0. The van der Waals surface area contributed by atoms with Crippen molar-refractivity contribution in [2.45, 2.75) is 6.92 Å². The SMILES string of the molecule is Cc1ccccc1OCCN(C)C(=O)c1cc(=O)c2ccccc2o1. The maximum atomic E-state index is 12.5. The molecule has 0 bridgehead atoms. The highest BCUT2D eigenvalue weighted by atomic mass is 16.5. The Bertz CT molecular complexity index is 961. The Hall–Kier alpha value is -3.08. The number of amides is 1. The first kappa shape index (κ1) is 16.8. The first-order chi connectivity index (χ1) is 12.1. The van der Waals surface area contributed by atoms with Gasteiger partial charge in [0.25, 0.3) is 5.91 Å². The minimum Gasteiger partial charge on any atom is -0.491 e. The van der Waals surface area contributed by atoms with E-state index >= 15 is 0 Å². The van der Waals surface area contributed by atoms with Crippen molar-refractivity contribution in [3.8, 4) is 5.75 Å². The third-order valence-electron chi connectivity index (χ3n) is 3.97. The Morgan fingerprint density at radius 3 is 2.64 bits per heavy atom. The molecule has 0 saturated carbocycles. The largest absolute Gasteiger partial charge is 0.491 e. The number of ether oxygens (including phenoxy) is 1. The third kappa shape index (κ3) is 3.71. The molecular formula is C20H19NO4. The first-order valence-electron chi connectivity index (χ1n) is 8.03. The number of rotatable bonds is 5. The molecule has 2 aromatic carbocycles. The van der Waals surface area contributed by atoms with E-state index in [1.54, 1.807) is 31.3 Å². The van der Waals surface area contributed by atoms with Crippen LogP contribution in [0.1, 0.15) is 16.1 Å². The normalized spacial score (nSPS) is 10.6. The molecule has 0 fully saturated rings. The zero-order chi connectivity index (χ0) is 17.8. The number of fused-ring (bicyclic) bond motifs is 1. The zero-order valence-corrected chi connectivity index (χ0v) is 14.2. The molecule has 0 aliphatic heterocycles. The van der Waals surface area contributed by atoms with Gasteiger partial charge in [0.15, 0.2) is 11.2 Å². The van der Waals surface area contributed by atoms with Crippen LogP contribution in [0.4, 0.5) is 0 Å². The third-order valence-corrected chi connectivity index (χ3v) is 3.97. The van der Waals surface area contributed by atoms with Crippen molar-refractivity contribution in [1.29, 1.82) is 0 Å². The van der Waals surface area contributed by atoms with Crippen LogP contribution in [0.5, 0.6) is 5.75 Å². The van der Waals surface area contributed by atoms with Crippen LogP contribution in [0, 0.1) is 6.92 Å². The van der Waals surface area contributed by atoms with Gasteiger partial charge in [-0.1, -0.05) is 30.3 Å². The molecule has 5 heteroatoms. The summed E-state index contributed by atoms with van der Waals surface area (Å²) in [6.45, 7) is 2.70. The van der Waals surface area contributed by atoms with Crippen molar-refractivity contribution < 1.29 is 13.9 Å². The topological polar surface area (TPSA) is 59.8 Å². The molecule has 0 N–H and O–H groups in total. The number of aryl methyl sites for hydroxylation is 1. The van der Waals surface area contributed by atoms with E-state index in [2.05, 4.69) is 0 Å². The van der Waals surface area contributed by atoms with Crippen LogP contribution in [0.15, 0.2) is 63.8 Å². The van der Waals surface area contributed by atoms with E-state index in [4.69, 9.17) is 9.15 Å². The predicted octanol–water partition coefficient (Wildman–Crippen LogP) is 3.25. The Balaban J connectivity index is 1.68. The van der Waals surface area contributed by atoms with E-state index in [0.29, 0.717) is 24.1 Å². The summed E-state index contributed by atoms with van der Waals surface area (Å²) in [6, 6.07) is 15.8. The second kappa shape index (κ2) is 7.21. The van der Waals surface area contributed by atoms with Gasteiger partial charge in [-0.15, -0.1) is 0 Å². The zero-order valence-electron chi connectivity index (χ0n) is 14.2. The van der Waals surface area contributed by atoms with Crippen molar-refractivity contribution in [2.75, 3.05) is 20.2 Å². The molecule has 1 aromatic heterocycles. The molecule has 25 heavy (non-hydrogen) atoms. The predicted molar refractivity (Wildman–Crippen MR) is 96.1 cm³/mol. The number of carbonyl (C=O) groups excluding carboxylic acids is 1. The van der Waals surface area contributed by atoms with Crippen LogP contribution < -0.4 is 10.2 Å². The number of carbonyl (C=O) groups is 1. The van der Waals surface area contributed by atoms with Gasteiger partial charge in [-0.05, 0) is 30.7 Å². The molecule has 1 heterocycles. The lowest BCUT2D eigenvalue weighted by Crippen LogP contribution is -2.31. The van der Waals surface area contributed by atoms with Crippen molar-refractivity contribution in [1.82, 2.24) is 4.90 Å². The summed E-state index contributed by atoms with van der Waals surface area (Å²) in [7, 11) is 1.65. The highest BCUT2D eigenvalue weighted by molar-refractivity contribution is 5.93. The van der Waals surface area contributed by atoms with Crippen LogP contribution in [0.3, 0.4) is 0 Å². The second-order valence-corrected chi connectivity index (χ2v) is 5.81. The average Bonchev–Trinajstić information content (AvgIpc) is 2.62. The molecule has 0 radical (unpaired) electrons. The molecule has 3 aromatic rings. The van der Waals surface area contributed by atoms with E-state index in [-0.39, 0.29) is 17.1 Å². The minimum atomic E-state index is -0.351. The van der Waals surface area contributed by atoms with Gasteiger partial charge in [0.1, 0.15) is 17.9 Å². The van der Waals surface area contributed by atoms with E-state index < -0.39 is 0 Å². The summed E-state index contributed by atoms with van der Waals surface area (Å²) in [4.78, 5) is 26.1. The number of hydrogen-bond acceptors (Lipinski definition) is 4. The van der Waals surface area contributed by atoms with Gasteiger partial charge in [0.2, 0.25) is 0 Å². The summed E-state index contributed by atoms with van der Waals surface area (Å²) >= 11 is 0. The number of hydrogen-bond donors (Lipinski definition) is 0. The standard InChI is InChI=1S/C20H19NO4/c1-14-7-3-5-9-17(14)24-12-11-21(2)20(23)19-13-16(22)15-8-4-6-10-18(15)25-19/h3-10,13H,11-12H2,1-2H3. The van der Waals surface area contributed by atoms with E-state index in [1.807, 2.05) is 31.2 Å². The molecule has 0 aliphatic carbocycles. The molecule has 0 spiro atoms. The van der Waals surface area contributed by atoms with E-state index in [9.17, 15) is 9.59 Å². The fourth-order valence-corrected chi connectivity index (χ4v) is 2.51. The van der Waals surface area contributed by atoms with Crippen molar-refractivity contribution in [2.24, 2.45) is 0 Å². The monoisotopic (exact) mass is 337 g/mol. The van der Waals surface area contributed by atoms with Gasteiger partial charge < -0.3 is 14.1 Å². The number of likely N-dealkylation sites (N-methyl/N-ethyl adjacent to an activating group) is 1. The quantitative estimate of drug-likeness (QED) is 0.717. The molecule has 0 unspecified atom stereocenters. The lowest BCUT2D eigenvalue weighted by atomic mass is 10.2. The van der Waals surface area contributed by atoms with Gasteiger partial charge >= 0.3 is 0 Å². The highest BCUT2D eigenvalue weighted by Gasteiger charge is 2.16. The Morgan fingerprint density at radius 2 is 1.84 bits per heavy atom. The minimum absolute atomic E-state index is 0.0297. The van der Waals surface area contributed by atoms with Crippen LogP contribution >= 0.6 is 0 Å². The summed E-state index contributed by atoms with van der Waals surface area (Å²) in [5, 5.41) is 0.463. The van der Waals surface area contributed by atoms with Crippen LogP contribution in [0.2, 0.25) is 0 Å². The maximum Gasteiger partial charge on any atom is 0.289 e. The van der Waals surface area contributed by atoms with Crippen molar-refractivity contribution in [3.05, 3.63) is 76.1 Å². The molecule has 0 saturated heterocycles. The summed E-state index contributed by atoms with van der Waals surface area (Å²) in [5.41, 5.74) is 1.22. The average molecular weight is 337 g/mol. The van der Waals surface area contributed by atoms with Crippen LogP contribution in [0.25, 0.3) is 11.0 Å². The molecule has 3 rings (SSSR count). The van der Waals surface area contributed by atoms with Crippen molar-refractivity contribution >= 4 is 16.9 Å². The van der Waals surface area contributed by atoms with E-state index in [0.717, 1.165) is 11.3 Å². The smallest absolute Gasteiger partial charge is 0.289 e. The maximum absolute atomic E-state index is 12.5. The molecular weight excluding hydrogens is 318 g/mol. The molecule has 5 nitrogen and oxygen atoms in total. The summed E-state index contributed by atoms with van der Waals surface area (Å²) < 4.78 is 11.3. The van der Waals surface area contributed by atoms with Crippen molar-refractivity contribution in [3.63, 3.8) is 0 Å². The molecule has 0 aliphatic rings. The lowest BCUT2D eigenvalue weighted by Gasteiger charge is -2.17. The Labute approximate surface area is 145 Å². The van der Waals surface area contributed by atoms with Gasteiger partial charge in [0, 0.05) is 13.1 Å². The van der Waals surface area contributed by atoms with Gasteiger partial charge in [0.05, 0.1) is 11.9 Å². The number of para-hydroxylation sites is 2. The van der Waals surface area contributed by atoms with E-state index in [1.165, 1.54) is 11.0 Å². The number of nitrogens with zero attached hydrogens (tertiary/aromatic N) is 1. The Kier molecular flexibility index (Phi) is 4.84.